The highest BCUT2D eigenvalue weighted by Crippen LogP contribution is 2.30. The summed E-state index contributed by atoms with van der Waals surface area (Å²) >= 11 is 9.58. The van der Waals surface area contributed by atoms with Gasteiger partial charge in [-0.1, -0.05) is 53.0 Å². The summed E-state index contributed by atoms with van der Waals surface area (Å²) < 4.78 is 32.2. The van der Waals surface area contributed by atoms with E-state index in [-0.39, 0.29) is 23.2 Å². The van der Waals surface area contributed by atoms with E-state index in [1.807, 2.05) is 31.2 Å². The molecule has 1 unspecified atom stereocenters. The van der Waals surface area contributed by atoms with Gasteiger partial charge in [-0.05, 0) is 49.2 Å². The SMILES string of the molecule is CCCCNC(=O)C(C)N(Cc1ccc(Br)cc1)C(=O)CN(c1ccc(OC)c(Cl)c1)S(C)(=O)=O. The lowest BCUT2D eigenvalue weighted by molar-refractivity contribution is -0.139. The molecule has 0 aromatic heterocycles. The molecule has 1 N–H and O–H groups in total. The number of carbonyl (C=O) groups excluding carboxylic acids is 2. The number of sulfonamides is 1. The quantitative estimate of drug-likeness (QED) is 0.375. The lowest BCUT2D eigenvalue weighted by Gasteiger charge is -2.31. The highest BCUT2D eigenvalue weighted by molar-refractivity contribution is 9.10. The van der Waals surface area contributed by atoms with Gasteiger partial charge in [-0.15, -0.1) is 0 Å². The lowest BCUT2D eigenvalue weighted by atomic mass is 10.1. The maximum absolute atomic E-state index is 13.5. The third kappa shape index (κ3) is 8.40. The lowest BCUT2D eigenvalue weighted by Crippen LogP contribution is -2.51. The molecule has 2 aromatic carbocycles. The van der Waals surface area contributed by atoms with Gasteiger partial charge >= 0.3 is 0 Å². The van der Waals surface area contributed by atoms with E-state index in [1.165, 1.54) is 30.2 Å². The average Bonchev–Trinajstić information content (AvgIpc) is 2.80. The van der Waals surface area contributed by atoms with Gasteiger partial charge in [-0.2, -0.15) is 0 Å². The predicted molar refractivity (Wildman–Crippen MR) is 142 cm³/mol. The topological polar surface area (TPSA) is 96.0 Å². The van der Waals surface area contributed by atoms with Crippen LogP contribution in [0.25, 0.3) is 0 Å². The van der Waals surface area contributed by atoms with Crippen molar-refractivity contribution in [3.8, 4) is 5.75 Å². The van der Waals surface area contributed by atoms with Gasteiger partial charge in [0, 0.05) is 17.6 Å². The second-order valence-electron chi connectivity index (χ2n) is 8.06. The number of hydrogen-bond acceptors (Lipinski definition) is 5. The first-order chi connectivity index (χ1) is 16.5. The van der Waals surface area contributed by atoms with Crippen LogP contribution in [0.4, 0.5) is 5.69 Å². The third-order valence-electron chi connectivity index (χ3n) is 5.37. The van der Waals surface area contributed by atoms with Gasteiger partial charge < -0.3 is 15.0 Å². The Morgan fingerprint density at radius 3 is 2.37 bits per heavy atom. The number of rotatable bonds is 12. The van der Waals surface area contributed by atoms with Crippen molar-refractivity contribution in [3.05, 3.63) is 57.5 Å². The number of unbranched alkanes of at least 4 members (excludes halogenated alkanes) is 1. The zero-order valence-electron chi connectivity index (χ0n) is 20.3. The number of benzene rings is 2. The molecule has 11 heteroatoms. The van der Waals surface area contributed by atoms with Crippen molar-refractivity contribution in [1.29, 1.82) is 0 Å². The molecule has 0 bridgehead atoms. The summed E-state index contributed by atoms with van der Waals surface area (Å²) in [5, 5.41) is 3.06. The smallest absolute Gasteiger partial charge is 0.244 e. The zero-order chi connectivity index (χ0) is 26.2. The van der Waals surface area contributed by atoms with Crippen LogP contribution in [0.1, 0.15) is 32.3 Å². The maximum atomic E-state index is 13.5. The molecule has 1 atom stereocenters. The van der Waals surface area contributed by atoms with Crippen LogP contribution in [-0.4, -0.2) is 57.6 Å². The van der Waals surface area contributed by atoms with Crippen LogP contribution in [-0.2, 0) is 26.2 Å². The van der Waals surface area contributed by atoms with Gasteiger partial charge in [0.25, 0.3) is 0 Å². The van der Waals surface area contributed by atoms with Crippen molar-refractivity contribution >= 4 is 55.1 Å². The van der Waals surface area contributed by atoms with E-state index in [4.69, 9.17) is 16.3 Å². The Bertz CT molecular complexity index is 1130. The summed E-state index contributed by atoms with van der Waals surface area (Å²) in [4.78, 5) is 27.7. The molecule has 0 fully saturated rings. The molecule has 2 rings (SSSR count). The first kappa shape index (κ1) is 28.9. The fourth-order valence-corrected chi connectivity index (χ4v) is 4.69. The molecule has 0 heterocycles. The van der Waals surface area contributed by atoms with Crippen LogP contribution in [0, 0.1) is 0 Å². The van der Waals surface area contributed by atoms with Gasteiger partial charge in [0.05, 0.1) is 24.1 Å². The van der Waals surface area contributed by atoms with Crippen LogP contribution in [0.5, 0.6) is 5.75 Å². The Kier molecular flexibility index (Phi) is 10.9. The van der Waals surface area contributed by atoms with Crippen LogP contribution < -0.4 is 14.4 Å². The Hall–Kier alpha value is -2.30. The normalized spacial score (nSPS) is 12.1. The number of amides is 2. The van der Waals surface area contributed by atoms with Crippen molar-refractivity contribution in [2.45, 2.75) is 39.3 Å². The minimum absolute atomic E-state index is 0.134. The highest BCUT2D eigenvalue weighted by Gasteiger charge is 2.30. The Morgan fingerprint density at radius 2 is 1.83 bits per heavy atom. The van der Waals surface area contributed by atoms with E-state index in [2.05, 4.69) is 21.2 Å². The van der Waals surface area contributed by atoms with Crippen molar-refractivity contribution in [1.82, 2.24) is 10.2 Å². The third-order valence-corrected chi connectivity index (χ3v) is 7.33. The number of halogens is 2. The summed E-state index contributed by atoms with van der Waals surface area (Å²) in [6.07, 6.45) is 2.75. The van der Waals surface area contributed by atoms with Crippen molar-refractivity contribution < 1.29 is 22.7 Å². The van der Waals surface area contributed by atoms with Crippen LogP contribution >= 0.6 is 27.5 Å². The van der Waals surface area contributed by atoms with Gasteiger partial charge in [0.15, 0.2) is 0 Å². The van der Waals surface area contributed by atoms with Gasteiger partial charge in [-0.3, -0.25) is 13.9 Å². The molecule has 192 valence electrons. The van der Waals surface area contributed by atoms with E-state index in [1.54, 1.807) is 6.92 Å². The standard InChI is InChI=1S/C24H31BrClN3O5S/c1-5-6-13-27-24(31)17(2)28(15-18-7-9-19(25)10-8-18)23(30)16-29(35(4,32)33)20-11-12-22(34-3)21(26)14-20/h7-12,14,17H,5-6,13,15-16H2,1-4H3,(H,27,31). The zero-order valence-corrected chi connectivity index (χ0v) is 23.4. The summed E-state index contributed by atoms with van der Waals surface area (Å²) in [5.74, 6) is -0.449. The number of anilines is 1. The van der Waals surface area contributed by atoms with E-state index >= 15 is 0 Å². The first-order valence-corrected chi connectivity index (χ1v) is 14.1. The van der Waals surface area contributed by atoms with Gasteiger partial charge in [-0.25, -0.2) is 8.42 Å². The average molecular weight is 589 g/mol. The number of nitrogens with one attached hydrogen (secondary N) is 1. The predicted octanol–water partition coefficient (Wildman–Crippen LogP) is 4.21. The van der Waals surface area contributed by atoms with E-state index < -0.39 is 28.5 Å². The van der Waals surface area contributed by atoms with E-state index in [0.717, 1.165) is 33.4 Å². The molecular formula is C24H31BrClN3O5S. The Balaban J connectivity index is 2.36. The van der Waals surface area contributed by atoms with Gasteiger partial charge in [0.1, 0.15) is 18.3 Å². The van der Waals surface area contributed by atoms with Crippen LogP contribution in [0.3, 0.4) is 0 Å². The van der Waals surface area contributed by atoms with E-state index in [0.29, 0.717) is 12.3 Å². The minimum Gasteiger partial charge on any atom is -0.495 e. The Labute approximate surface area is 220 Å². The molecule has 0 aliphatic rings. The molecule has 0 aliphatic carbocycles. The molecule has 0 spiro atoms. The van der Waals surface area contributed by atoms with Gasteiger partial charge in [0.2, 0.25) is 21.8 Å². The second kappa shape index (κ2) is 13.1. The number of hydrogen-bond donors (Lipinski definition) is 1. The summed E-state index contributed by atoms with van der Waals surface area (Å²) in [7, 11) is -2.40. The van der Waals surface area contributed by atoms with Crippen molar-refractivity contribution in [3.63, 3.8) is 0 Å². The second-order valence-corrected chi connectivity index (χ2v) is 11.3. The fourth-order valence-electron chi connectivity index (χ4n) is 3.33. The largest absolute Gasteiger partial charge is 0.495 e. The monoisotopic (exact) mass is 587 g/mol. The number of nitrogens with zero attached hydrogens (tertiary/aromatic N) is 2. The molecule has 8 nitrogen and oxygen atoms in total. The number of carbonyl (C=O) groups is 2. The maximum Gasteiger partial charge on any atom is 0.244 e. The molecule has 0 radical (unpaired) electrons. The molecule has 35 heavy (non-hydrogen) atoms. The number of methoxy groups -OCH3 is 1. The first-order valence-electron chi connectivity index (χ1n) is 11.1. The molecule has 0 aliphatic heterocycles. The fraction of sp³-hybridized carbons (Fsp3) is 0.417. The highest BCUT2D eigenvalue weighted by atomic mass is 79.9. The van der Waals surface area contributed by atoms with E-state index in [9.17, 15) is 18.0 Å². The summed E-state index contributed by atoms with van der Waals surface area (Å²) in [5.41, 5.74) is 1.02. The Morgan fingerprint density at radius 1 is 1.17 bits per heavy atom. The minimum atomic E-state index is -3.85. The molecule has 2 amide bonds. The van der Waals surface area contributed by atoms with Crippen LogP contribution in [0.15, 0.2) is 46.9 Å². The number of ether oxygens (including phenoxy) is 1. The molecule has 2 aromatic rings. The summed E-state index contributed by atoms with van der Waals surface area (Å²) in [6, 6.07) is 11.0. The molecular weight excluding hydrogens is 558 g/mol. The molecule has 0 saturated heterocycles. The van der Waals surface area contributed by atoms with Crippen LogP contribution in [0.2, 0.25) is 5.02 Å². The summed E-state index contributed by atoms with van der Waals surface area (Å²) in [6.45, 7) is 3.79. The van der Waals surface area contributed by atoms with Crippen molar-refractivity contribution in [2.24, 2.45) is 0 Å². The molecule has 0 saturated carbocycles. The van der Waals surface area contributed by atoms with Crippen molar-refractivity contribution in [2.75, 3.05) is 30.8 Å².